The Morgan fingerprint density at radius 1 is 1.04 bits per heavy atom. The Balaban J connectivity index is 1.60. The summed E-state index contributed by atoms with van der Waals surface area (Å²) in [5, 5.41) is 15.1. The van der Waals surface area contributed by atoms with E-state index in [1.807, 2.05) is 28.8 Å². The Morgan fingerprint density at radius 3 is 2.50 bits per heavy atom. The van der Waals surface area contributed by atoms with Gasteiger partial charge in [-0.05, 0) is 44.2 Å². The number of nitrogens with one attached hydrogen (secondary N) is 2. The second-order valence-electron chi connectivity index (χ2n) is 7.10. The van der Waals surface area contributed by atoms with Gasteiger partial charge in [-0.2, -0.15) is 0 Å². The molecule has 2 aromatic heterocycles. The lowest BCUT2D eigenvalue weighted by molar-refractivity contribution is 0.265. The molecular weight excluding hydrogens is 350 g/mol. The van der Waals surface area contributed by atoms with E-state index in [1.54, 1.807) is 7.05 Å². The zero-order chi connectivity index (χ0) is 19.9. The third-order valence-electron chi connectivity index (χ3n) is 4.89. The first kappa shape index (κ1) is 19.8. The fourth-order valence-corrected chi connectivity index (χ4v) is 2.91. The summed E-state index contributed by atoms with van der Waals surface area (Å²) in [5.74, 6) is 1.58. The Labute approximate surface area is 166 Å². The van der Waals surface area contributed by atoms with Crippen LogP contribution in [0.3, 0.4) is 0 Å². The summed E-state index contributed by atoms with van der Waals surface area (Å²) >= 11 is 0. The van der Waals surface area contributed by atoms with Crippen LogP contribution in [0.4, 0.5) is 0 Å². The number of hydrogen-bond donors (Lipinski definition) is 2. The highest BCUT2D eigenvalue weighted by molar-refractivity contribution is 5.79. The van der Waals surface area contributed by atoms with Crippen LogP contribution in [-0.4, -0.2) is 45.6 Å². The lowest BCUT2D eigenvalue weighted by Crippen LogP contribution is -2.37. The first-order valence-corrected chi connectivity index (χ1v) is 9.58. The van der Waals surface area contributed by atoms with Crippen molar-refractivity contribution >= 4 is 11.6 Å². The van der Waals surface area contributed by atoms with Crippen molar-refractivity contribution in [1.29, 1.82) is 0 Å². The molecule has 7 nitrogen and oxygen atoms in total. The Morgan fingerprint density at radius 2 is 1.75 bits per heavy atom. The Kier molecular flexibility index (Phi) is 6.60. The average molecular weight is 380 g/mol. The SMILES string of the molecule is CN=C(NCc1ccccc1CN(C)C(C)C)NCc1nnc2ccccn12. The van der Waals surface area contributed by atoms with Gasteiger partial charge in [-0.25, -0.2) is 0 Å². The number of fused-ring (bicyclic) bond motifs is 1. The smallest absolute Gasteiger partial charge is 0.191 e. The highest BCUT2D eigenvalue weighted by Gasteiger charge is 2.09. The van der Waals surface area contributed by atoms with E-state index in [0.717, 1.165) is 24.0 Å². The summed E-state index contributed by atoms with van der Waals surface area (Å²) < 4.78 is 1.97. The first-order valence-electron chi connectivity index (χ1n) is 9.58. The topological polar surface area (TPSA) is 69.8 Å². The fraction of sp³-hybridized carbons (Fsp3) is 0.381. The summed E-state index contributed by atoms with van der Waals surface area (Å²) in [4.78, 5) is 6.66. The van der Waals surface area contributed by atoms with Gasteiger partial charge in [0.25, 0.3) is 0 Å². The van der Waals surface area contributed by atoms with Gasteiger partial charge in [-0.15, -0.1) is 10.2 Å². The summed E-state index contributed by atoms with van der Waals surface area (Å²) in [6.45, 7) is 6.60. The molecule has 2 heterocycles. The van der Waals surface area contributed by atoms with Gasteiger partial charge in [0.15, 0.2) is 17.4 Å². The van der Waals surface area contributed by atoms with E-state index in [9.17, 15) is 0 Å². The second kappa shape index (κ2) is 9.32. The molecule has 0 radical (unpaired) electrons. The van der Waals surface area contributed by atoms with Crippen LogP contribution >= 0.6 is 0 Å². The zero-order valence-electron chi connectivity index (χ0n) is 17.1. The van der Waals surface area contributed by atoms with E-state index in [0.29, 0.717) is 19.1 Å². The highest BCUT2D eigenvalue weighted by Crippen LogP contribution is 2.12. The maximum atomic E-state index is 4.33. The summed E-state index contributed by atoms with van der Waals surface area (Å²) in [6.07, 6.45) is 1.96. The van der Waals surface area contributed by atoms with Gasteiger partial charge >= 0.3 is 0 Å². The molecule has 0 aliphatic heterocycles. The van der Waals surface area contributed by atoms with E-state index in [4.69, 9.17) is 0 Å². The van der Waals surface area contributed by atoms with Crippen LogP contribution in [0.15, 0.2) is 53.7 Å². The molecule has 28 heavy (non-hydrogen) atoms. The Bertz CT molecular complexity index is 929. The molecule has 0 aliphatic rings. The fourth-order valence-electron chi connectivity index (χ4n) is 2.91. The third-order valence-corrected chi connectivity index (χ3v) is 4.89. The van der Waals surface area contributed by atoms with Crippen molar-refractivity contribution in [2.45, 2.75) is 39.5 Å². The van der Waals surface area contributed by atoms with Crippen molar-refractivity contribution in [2.75, 3.05) is 14.1 Å². The number of aromatic nitrogens is 3. The molecule has 0 saturated heterocycles. The van der Waals surface area contributed by atoms with Crippen LogP contribution in [0.25, 0.3) is 5.65 Å². The largest absolute Gasteiger partial charge is 0.352 e. The molecule has 0 unspecified atom stereocenters. The van der Waals surface area contributed by atoms with Gasteiger partial charge in [0.1, 0.15) is 0 Å². The van der Waals surface area contributed by atoms with Crippen LogP contribution < -0.4 is 10.6 Å². The van der Waals surface area contributed by atoms with Crippen molar-refractivity contribution in [3.8, 4) is 0 Å². The zero-order valence-corrected chi connectivity index (χ0v) is 17.1. The van der Waals surface area contributed by atoms with E-state index < -0.39 is 0 Å². The number of hydrogen-bond acceptors (Lipinski definition) is 4. The third kappa shape index (κ3) is 4.86. The molecule has 2 N–H and O–H groups in total. The van der Waals surface area contributed by atoms with Gasteiger partial charge in [0, 0.05) is 32.4 Å². The maximum Gasteiger partial charge on any atom is 0.191 e. The maximum absolute atomic E-state index is 4.33. The van der Waals surface area contributed by atoms with Gasteiger partial charge in [0.2, 0.25) is 0 Å². The summed E-state index contributed by atoms with van der Waals surface area (Å²) in [6, 6.07) is 14.9. The number of guanidine groups is 1. The van der Waals surface area contributed by atoms with E-state index in [1.165, 1.54) is 11.1 Å². The van der Waals surface area contributed by atoms with Crippen molar-refractivity contribution < 1.29 is 0 Å². The number of pyridine rings is 1. The minimum atomic E-state index is 0.508. The lowest BCUT2D eigenvalue weighted by Gasteiger charge is -2.23. The minimum Gasteiger partial charge on any atom is -0.352 e. The van der Waals surface area contributed by atoms with E-state index in [-0.39, 0.29) is 0 Å². The average Bonchev–Trinajstić information content (AvgIpc) is 3.12. The monoisotopic (exact) mass is 379 g/mol. The molecule has 0 amide bonds. The first-order chi connectivity index (χ1) is 13.6. The molecule has 3 rings (SSSR count). The van der Waals surface area contributed by atoms with Crippen LogP contribution in [0, 0.1) is 0 Å². The van der Waals surface area contributed by atoms with Crippen LogP contribution in [0.1, 0.15) is 30.8 Å². The normalized spacial score (nSPS) is 12.1. The van der Waals surface area contributed by atoms with Crippen LogP contribution in [0.2, 0.25) is 0 Å². The van der Waals surface area contributed by atoms with Crippen LogP contribution in [-0.2, 0) is 19.6 Å². The number of benzene rings is 1. The van der Waals surface area contributed by atoms with Crippen molar-refractivity contribution in [1.82, 2.24) is 30.1 Å². The predicted octanol–water partition coefficient (Wildman–Crippen LogP) is 2.43. The lowest BCUT2D eigenvalue weighted by atomic mass is 10.1. The molecule has 0 fully saturated rings. The quantitative estimate of drug-likeness (QED) is 0.487. The molecule has 0 bridgehead atoms. The second-order valence-corrected chi connectivity index (χ2v) is 7.10. The Hall–Kier alpha value is -2.93. The van der Waals surface area contributed by atoms with Gasteiger partial charge in [0.05, 0.1) is 6.54 Å². The molecule has 0 spiro atoms. The molecule has 7 heteroatoms. The summed E-state index contributed by atoms with van der Waals surface area (Å²) in [7, 11) is 3.92. The molecule has 0 atom stereocenters. The van der Waals surface area contributed by atoms with E-state index >= 15 is 0 Å². The highest BCUT2D eigenvalue weighted by atomic mass is 15.3. The number of rotatable bonds is 7. The van der Waals surface area contributed by atoms with Crippen molar-refractivity contribution in [3.63, 3.8) is 0 Å². The van der Waals surface area contributed by atoms with Crippen molar-refractivity contribution in [3.05, 3.63) is 65.6 Å². The molecular formula is C21H29N7. The number of aliphatic imine (C=N–C) groups is 1. The molecule has 3 aromatic rings. The molecule has 0 aliphatic carbocycles. The number of nitrogens with zero attached hydrogens (tertiary/aromatic N) is 5. The van der Waals surface area contributed by atoms with Gasteiger partial charge in [-0.1, -0.05) is 30.3 Å². The van der Waals surface area contributed by atoms with Crippen molar-refractivity contribution in [2.24, 2.45) is 4.99 Å². The molecule has 148 valence electrons. The standard InChI is InChI=1S/C21H29N7/c1-16(2)27(4)15-18-10-6-5-9-17(18)13-23-21(22-3)24-14-20-26-25-19-11-7-8-12-28(19)20/h5-12,16H,13-15H2,1-4H3,(H2,22,23,24). The van der Waals surface area contributed by atoms with Gasteiger partial charge < -0.3 is 10.6 Å². The molecule has 0 saturated carbocycles. The van der Waals surface area contributed by atoms with Crippen LogP contribution in [0.5, 0.6) is 0 Å². The summed E-state index contributed by atoms with van der Waals surface area (Å²) in [5.41, 5.74) is 3.43. The minimum absolute atomic E-state index is 0.508. The van der Waals surface area contributed by atoms with E-state index in [2.05, 4.69) is 75.9 Å². The predicted molar refractivity (Wildman–Crippen MR) is 113 cm³/mol. The van der Waals surface area contributed by atoms with Gasteiger partial charge in [-0.3, -0.25) is 14.3 Å². The molecule has 1 aromatic carbocycles.